The number of carbonyl (C=O) groups excluding carboxylic acids is 1. The molecule has 0 bridgehead atoms. The number of anilines is 2. The van der Waals surface area contributed by atoms with Crippen LogP contribution in [0, 0.1) is 0 Å². The first-order chi connectivity index (χ1) is 17.1. The molecule has 1 saturated heterocycles. The quantitative estimate of drug-likeness (QED) is 0.430. The molecule has 0 aromatic carbocycles. The van der Waals surface area contributed by atoms with Gasteiger partial charge in [-0.1, -0.05) is 0 Å². The second-order valence-electron chi connectivity index (χ2n) is 7.93. The lowest BCUT2D eigenvalue weighted by Gasteiger charge is -2.33. The second-order valence-corrected chi connectivity index (χ2v) is 7.93. The van der Waals surface area contributed by atoms with Gasteiger partial charge in [-0.05, 0) is 12.5 Å². The first kappa shape index (κ1) is 27.6. The van der Waals surface area contributed by atoms with E-state index < -0.39 is 41.8 Å². The molecule has 3 aromatic rings. The van der Waals surface area contributed by atoms with Crippen LogP contribution in [-0.4, -0.2) is 72.8 Å². The molecule has 0 unspecified atom stereocenters. The average Bonchev–Trinajstić information content (AvgIpc) is 3.35. The molecular weight excluding hydrogens is 521 g/mol. The number of carbonyl (C=O) groups is 2. The summed E-state index contributed by atoms with van der Waals surface area (Å²) in [5, 5.41) is 16.7. The lowest BCUT2D eigenvalue weighted by Crippen LogP contribution is -2.48. The van der Waals surface area contributed by atoms with Gasteiger partial charge in [-0.2, -0.15) is 36.5 Å². The smallest absolute Gasteiger partial charge is 0.475 e. The maximum absolute atomic E-state index is 13.9. The van der Waals surface area contributed by atoms with Gasteiger partial charge in [-0.25, -0.2) is 18.7 Å². The van der Waals surface area contributed by atoms with Crippen LogP contribution in [-0.2, 0) is 18.0 Å². The number of fused-ring (bicyclic) bond motifs is 1. The van der Waals surface area contributed by atoms with Gasteiger partial charge in [-0.15, -0.1) is 0 Å². The van der Waals surface area contributed by atoms with Crippen LogP contribution in [0.3, 0.4) is 0 Å². The number of aryl methyl sites for hydroxylation is 1. The predicted octanol–water partition coefficient (Wildman–Crippen LogP) is 2.24. The number of nitrogens with one attached hydrogen (secondary N) is 1. The largest absolute Gasteiger partial charge is 0.490 e. The van der Waals surface area contributed by atoms with Gasteiger partial charge in [0.25, 0.3) is 5.91 Å². The summed E-state index contributed by atoms with van der Waals surface area (Å²) in [5.41, 5.74) is 4.27. The van der Waals surface area contributed by atoms with Crippen LogP contribution in [0.4, 0.5) is 42.2 Å². The zero-order valence-electron chi connectivity index (χ0n) is 18.8. The molecule has 4 heterocycles. The van der Waals surface area contributed by atoms with E-state index >= 15 is 0 Å². The Morgan fingerprint density at radius 3 is 2.41 bits per heavy atom. The van der Waals surface area contributed by atoms with E-state index in [0.29, 0.717) is 12.4 Å². The summed E-state index contributed by atoms with van der Waals surface area (Å²) in [7, 11) is 1.31. The number of alkyl halides is 7. The van der Waals surface area contributed by atoms with E-state index in [2.05, 4.69) is 20.5 Å². The Kier molecular flexibility index (Phi) is 7.61. The first-order valence-electron chi connectivity index (χ1n) is 10.3. The minimum Gasteiger partial charge on any atom is -0.475 e. The molecule has 1 amide bonds. The summed E-state index contributed by atoms with van der Waals surface area (Å²) >= 11 is 0. The van der Waals surface area contributed by atoms with Gasteiger partial charge in [0, 0.05) is 32.0 Å². The molecule has 1 fully saturated rings. The van der Waals surface area contributed by atoms with Gasteiger partial charge >= 0.3 is 18.3 Å². The third-order valence-electron chi connectivity index (χ3n) is 4.94. The van der Waals surface area contributed by atoms with Gasteiger partial charge in [0.05, 0.1) is 18.4 Å². The van der Waals surface area contributed by atoms with Crippen LogP contribution in [0.2, 0.25) is 0 Å². The zero-order chi connectivity index (χ0) is 27.7. The van der Waals surface area contributed by atoms with Crippen LogP contribution in [0.15, 0.2) is 24.7 Å². The topological polar surface area (TPSA) is 144 Å². The molecule has 2 atom stereocenters. The second kappa shape index (κ2) is 10.2. The minimum absolute atomic E-state index is 0.0352. The number of carboxylic acid groups (broad SMARTS) is 1. The molecule has 0 spiro atoms. The minimum atomic E-state index is -5.08. The fraction of sp³-hybridized carbons (Fsp3) is 0.421. The maximum atomic E-state index is 13.9. The SMILES string of the molecule is Cn1cc(NC(=O)c2cnn3ccc(N4C[C@@H](N)C[C@H](F)C4)nc23)c(C(F)(F)F)n1.O=C(O)C(F)(F)F. The van der Waals surface area contributed by atoms with E-state index in [-0.39, 0.29) is 30.2 Å². The molecule has 202 valence electrons. The van der Waals surface area contributed by atoms with Crippen molar-refractivity contribution < 1.29 is 45.4 Å². The van der Waals surface area contributed by atoms with E-state index in [1.165, 1.54) is 24.0 Å². The Morgan fingerprint density at radius 2 is 1.84 bits per heavy atom. The monoisotopic (exact) mass is 540 g/mol. The molecule has 4 N–H and O–H groups in total. The zero-order valence-corrected chi connectivity index (χ0v) is 18.8. The van der Waals surface area contributed by atoms with Crippen molar-refractivity contribution in [2.45, 2.75) is 31.0 Å². The highest BCUT2D eigenvalue weighted by Gasteiger charge is 2.39. The number of hydrogen-bond donors (Lipinski definition) is 3. The van der Waals surface area contributed by atoms with Crippen molar-refractivity contribution in [2.75, 3.05) is 23.3 Å². The molecule has 4 rings (SSSR count). The number of rotatable bonds is 3. The molecule has 0 saturated carbocycles. The number of nitrogens with zero attached hydrogens (tertiary/aromatic N) is 6. The highest BCUT2D eigenvalue weighted by Crippen LogP contribution is 2.33. The standard InChI is InChI=1S/C17H18F4N8O.C2HF3O2/c1-27-8-12(14(26-27)17(19,20)21)24-16(30)11-5-23-29-3-2-13(25-15(11)29)28-6-9(18)4-10(22)7-28;3-2(4,5)1(6)7/h2-3,5,8-10H,4,6-7,22H2,1H3,(H,24,30);(H,6,7)/t9-,10-;/m0./s1. The van der Waals surface area contributed by atoms with Crippen molar-refractivity contribution in [3.8, 4) is 0 Å². The number of piperidine rings is 1. The van der Waals surface area contributed by atoms with Crippen molar-refractivity contribution in [3.63, 3.8) is 0 Å². The summed E-state index contributed by atoms with van der Waals surface area (Å²) in [5.74, 6) is -3.19. The number of aromatic nitrogens is 5. The summed E-state index contributed by atoms with van der Waals surface area (Å²) in [6, 6.07) is 1.25. The van der Waals surface area contributed by atoms with E-state index in [4.69, 9.17) is 15.6 Å². The normalized spacial score (nSPS) is 18.4. The third kappa shape index (κ3) is 6.63. The van der Waals surface area contributed by atoms with Crippen LogP contribution in [0.25, 0.3) is 5.65 Å². The average molecular weight is 540 g/mol. The number of hydrogen-bond acceptors (Lipinski definition) is 7. The fourth-order valence-corrected chi connectivity index (χ4v) is 3.44. The molecule has 0 radical (unpaired) electrons. The van der Waals surface area contributed by atoms with E-state index in [0.717, 1.165) is 10.9 Å². The van der Waals surface area contributed by atoms with Gasteiger partial charge in [0.1, 0.15) is 17.6 Å². The van der Waals surface area contributed by atoms with E-state index in [9.17, 15) is 35.5 Å². The third-order valence-corrected chi connectivity index (χ3v) is 4.94. The summed E-state index contributed by atoms with van der Waals surface area (Å²) in [6.45, 7) is 0.501. The van der Waals surface area contributed by atoms with Crippen LogP contribution >= 0.6 is 0 Å². The first-order valence-corrected chi connectivity index (χ1v) is 10.3. The number of carboxylic acids is 1. The molecular formula is C19H19F7N8O3. The summed E-state index contributed by atoms with van der Waals surface area (Å²) in [6.07, 6.45) is -6.87. The predicted molar refractivity (Wildman–Crippen MR) is 113 cm³/mol. The molecule has 1 aliphatic heterocycles. The molecule has 37 heavy (non-hydrogen) atoms. The lowest BCUT2D eigenvalue weighted by atomic mass is 10.1. The van der Waals surface area contributed by atoms with E-state index in [1.54, 1.807) is 11.0 Å². The van der Waals surface area contributed by atoms with Crippen molar-refractivity contribution in [2.24, 2.45) is 12.8 Å². The van der Waals surface area contributed by atoms with Crippen molar-refractivity contribution in [3.05, 3.63) is 35.9 Å². The highest BCUT2D eigenvalue weighted by atomic mass is 19.4. The summed E-state index contributed by atoms with van der Waals surface area (Å²) < 4.78 is 87.3. The Morgan fingerprint density at radius 1 is 1.19 bits per heavy atom. The summed E-state index contributed by atoms with van der Waals surface area (Å²) in [4.78, 5) is 27.6. The van der Waals surface area contributed by atoms with Crippen LogP contribution in [0.1, 0.15) is 22.5 Å². The number of nitrogens with two attached hydrogens (primary N) is 1. The molecule has 18 heteroatoms. The van der Waals surface area contributed by atoms with Crippen molar-refractivity contribution in [1.29, 1.82) is 0 Å². The molecule has 1 aliphatic rings. The van der Waals surface area contributed by atoms with Gasteiger partial charge < -0.3 is 21.1 Å². The Bertz CT molecular complexity index is 1280. The van der Waals surface area contributed by atoms with Crippen molar-refractivity contribution in [1.82, 2.24) is 24.4 Å². The van der Waals surface area contributed by atoms with E-state index in [1.807, 2.05) is 0 Å². The number of aliphatic carboxylic acids is 1. The van der Waals surface area contributed by atoms with Gasteiger partial charge in [-0.3, -0.25) is 9.48 Å². The fourth-order valence-electron chi connectivity index (χ4n) is 3.44. The Balaban J connectivity index is 0.000000479. The van der Waals surface area contributed by atoms with Crippen LogP contribution < -0.4 is 16.0 Å². The molecule has 3 aromatic heterocycles. The Hall–Kier alpha value is -3.96. The highest BCUT2D eigenvalue weighted by molar-refractivity contribution is 6.08. The Labute approximate surface area is 202 Å². The molecule has 11 nitrogen and oxygen atoms in total. The van der Waals surface area contributed by atoms with Crippen molar-refractivity contribution >= 4 is 29.0 Å². The van der Waals surface area contributed by atoms with Gasteiger partial charge in [0.15, 0.2) is 11.3 Å². The van der Waals surface area contributed by atoms with Crippen LogP contribution in [0.5, 0.6) is 0 Å². The number of amides is 1. The maximum Gasteiger partial charge on any atom is 0.490 e. The number of halogens is 7. The lowest BCUT2D eigenvalue weighted by molar-refractivity contribution is -0.192. The van der Waals surface area contributed by atoms with Gasteiger partial charge in [0.2, 0.25) is 0 Å². The molecule has 0 aliphatic carbocycles.